The van der Waals surface area contributed by atoms with Crippen LogP contribution in [0.25, 0.3) is 0 Å². The Balaban J connectivity index is 0.00000128. The predicted molar refractivity (Wildman–Crippen MR) is 61.5 cm³/mol. The number of nitrogens with two attached hydrogens (primary N) is 1. The van der Waals surface area contributed by atoms with Crippen molar-refractivity contribution in [3.05, 3.63) is 53.3 Å². The minimum Gasteiger partial charge on any atom is -1.00 e. The van der Waals surface area contributed by atoms with Crippen molar-refractivity contribution in [2.45, 2.75) is 13.3 Å². The number of benzene rings is 1. The molecule has 1 heterocycles. The average Bonchev–Trinajstić information content (AvgIpc) is 2.25. The zero-order valence-corrected chi connectivity index (χ0v) is 11.6. The van der Waals surface area contributed by atoms with Gasteiger partial charge in [0.1, 0.15) is 0 Å². The summed E-state index contributed by atoms with van der Waals surface area (Å²) in [5, 5.41) is 0. The average molecular weight is 223 g/mol. The topological polar surface area (TPSA) is 51.8 Å². The maximum Gasteiger partial charge on any atom is 1.00 e. The Morgan fingerprint density at radius 1 is 1.25 bits per heavy atom. The van der Waals surface area contributed by atoms with Gasteiger partial charge in [-0.2, -0.15) is 0 Å². The second-order valence-corrected chi connectivity index (χ2v) is 3.52. The van der Waals surface area contributed by atoms with Crippen molar-refractivity contribution in [2.75, 3.05) is 5.73 Å². The van der Waals surface area contributed by atoms with Gasteiger partial charge in [0, 0.05) is 12.6 Å². The van der Waals surface area contributed by atoms with Crippen LogP contribution < -0.4 is 35.3 Å². The van der Waals surface area contributed by atoms with E-state index in [2.05, 4.69) is 22.1 Å². The van der Waals surface area contributed by atoms with Crippen LogP contribution in [0.5, 0.6) is 0 Å². The molecule has 2 N–H and O–H groups in total. The Hall–Kier alpha value is -0.900. The SMILES string of the molecule is Cc1cnc(N)nc1Cc1ccccc1.[H-].[Na+]. The molecule has 16 heavy (non-hydrogen) atoms. The van der Waals surface area contributed by atoms with Crippen LogP contribution in [0.4, 0.5) is 5.95 Å². The largest absolute Gasteiger partial charge is 1.00 e. The summed E-state index contributed by atoms with van der Waals surface area (Å²) < 4.78 is 0. The Bertz CT molecular complexity index is 463. The summed E-state index contributed by atoms with van der Waals surface area (Å²) in [7, 11) is 0. The van der Waals surface area contributed by atoms with Crippen molar-refractivity contribution in [3.63, 3.8) is 0 Å². The first-order valence-corrected chi connectivity index (χ1v) is 4.87. The number of hydrogen-bond donors (Lipinski definition) is 1. The van der Waals surface area contributed by atoms with E-state index in [1.54, 1.807) is 6.20 Å². The first kappa shape index (κ1) is 13.2. The summed E-state index contributed by atoms with van der Waals surface area (Å²) >= 11 is 0. The zero-order chi connectivity index (χ0) is 10.7. The molecule has 2 rings (SSSR count). The van der Waals surface area contributed by atoms with Crippen LogP contribution in [0.2, 0.25) is 0 Å². The molecule has 0 saturated carbocycles. The summed E-state index contributed by atoms with van der Waals surface area (Å²) in [5.74, 6) is 0.339. The molecule has 2 aromatic rings. The van der Waals surface area contributed by atoms with Gasteiger partial charge in [0.2, 0.25) is 5.95 Å². The minimum atomic E-state index is 0. The van der Waals surface area contributed by atoms with Crippen LogP contribution in [0.1, 0.15) is 18.2 Å². The molecule has 4 heteroatoms. The number of nitrogen functional groups attached to an aromatic ring is 1. The van der Waals surface area contributed by atoms with E-state index in [1.165, 1.54) is 5.56 Å². The molecule has 0 spiro atoms. The maximum absolute atomic E-state index is 5.56. The van der Waals surface area contributed by atoms with E-state index in [0.29, 0.717) is 5.95 Å². The van der Waals surface area contributed by atoms with E-state index in [9.17, 15) is 0 Å². The van der Waals surface area contributed by atoms with Gasteiger partial charge in [-0.3, -0.25) is 0 Å². The van der Waals surface area contributed by atoms with Gasteiger partial charge in [0.25, 0.3) is 0 Å². The number of aromatic nitrogens is 2. The van der Waals surface area contributed by atoms with Gasteiger partial charge in [0.15, 0.2) is 0 Å². The summed E-state index contributed by atoms with van der Waals surface area (Å²) in [6.45, 7) is 2.00. The van der Waals surface area contributed by atoms with Crippen LogP contribution >= 0.6 is 0 Å². The van der Waals surface area contributed by atoms with E-state index >= 15 is 0 Å². The van der Waals surface area contributed by atoms with Crippen molar-refractivity contribution in [3.8, 4) is 0 Å². The fourth-order valence-corrected chi connectivity index (χ4v) is 1.46. The van der Waals surface area contributed by atoms with Crippen LogP contribution in [-0.4, -0.2) is 9.97 Å². The molecule has 0 aliphatic carbocycles. The molecular weight excluding hydrogens is 209 g/mol. The Labute approximate surface area is 119 Å². The molecule has 3 nitrogen and oxygen atoms in total. The number of rotatable bonds is 2. The van der Waals surface area contributed by atoms with Gasteiger partial charge in [-0.1, -0.05) is 30.3 Å². The Morgan fingerprint density at radius 2 is 1.94 bits per heavy atom. The smallest absolute Gasteiger partial charge is 1.00 e. The quantitative estimate of drug-likeness (QED) is 0.670. The van der Waals surface area contributed by atoms with Crippen molar-refractivity contribution in [2.24, 2.45) is 0 Å². The van der Waals surface area contributed by atoms with Crippen molar-refractivity contribution in [1.29, 1.82) is 0 Å². The molecule has 0 aliphatic heterocycles. The molecule has 0 unspecified atom stereocenters. The van der Waals surface area contributed by atoms with Crippen molar-refractivity contribution < 1.29 is 31.0 Å². The molecule has 0 aliphatic rings. The van der Waals surface area contributed by atoms with Gasteiger partial charge < -0.3 is 7.16 Å². The Kier molecular flexibility index (Phi) is 4.93. The molecule has 0 saturated heterocycles. The van der Waals surface area contributed by atoms with E-state index in [1.807, 2.05) is 25.1 Å². The van der Waals surface area contributed by atoms with E-state index in [4.69, 9.17) is 5.73 Å². The van der Waals surface area contributed by atoms with Crippen LogP contribution in [0.3, 0.4) is 0 Å². The van der Waals surface area contributed by atoms with E-state index in [-0.39, 0.29) is 31.0 Å². The first-order chi connectivity index (χ1) is 7.25. The van der Waals surface area contributed by atoms with Gasteiger partial charge in [0.05, 0.1) is 5.69 Å². The van der Waals surface area contributed by atoms with E-state index in [0.717, 1.165) is 17.7 Å². The third-order valence-electron chi connectivity index (χ3n) is 2.31. The van der Waals surface area contributed by atoms with E-state index < -0.39 is 0 Å². The maximum atomic E-state index is 5.56. The molecule has 78 valence electrons. The summed E-state index contributed by atoms with van der Waals surface area (Å²) in [5.41, 5.74) is 8.86. The second kappa shape index (κ2) is 5.99. The molecule has 1 aromatic carbocycles. The normalized spacial score (nSPS) is 9.56. The fourth-order valence-electron chi connectivity index (χ4n) is 1.46. The molecule has 0 amide bonds. The third-order valence-corrected chi connectivity index (χ3v) is 2.31. The van der Waals surface area contributed by atoms with Crippen LogP contribution in [-0.2, 0) is 6.42 Å². The standard InChI is InChI=1S/C12H13N3.Na.H/c1-9-8-14-12(13)15-11(9)7-10-5-3-2-4-6-10;;/h2-6,8H,7H2,1H3,(H2,13,14,15);;/q;+1;-1. The molecule has 0 bridgehead atoms. The van der Waals surface area contributed by atoms with Crippen molar-refractivity contribution >= 4 is 5.95 Å². The van der Waals surface area contributed by atoms with Crippen molar-refractivity contribution in [1.82, 2.24) is 9.97 Å². The minimum absolute atomic E-state index is 0. The van der Waals surface area contributed by atoms with Crippen LogP contribution in [0, 0.1) is 6.92 Å². The van der Waals surface area contributed by atoms with Gasteiger partial charge in [-0.25, -0.2) is 9.97 Å². The summed E-state index contributed by atoms with van der Waals surface area (Å²) in [6.07, 6.45) is 2.57. The molecule has 1 aromatic heterocycles. The molecule has 0 radical (unpaired) electrons. The third kappa shape index (κ3) is 3.30. The van der Waals surface area contributed by atoms with Gasteiger partial charge in [-0.05, 0) is 18.1 Å². The molecule has 0 atom stereocenters. The predicted octanol–water partition coefficient (Wildman–Crippen LogP) is -0.925. The summed E-state index contributed by atoms with van der Waals surface area (Å²) in [6, 6.07) is 10.2. The first-order valence-electron chi connectivity index (χ1n) is 4.87. The second-order valence-electron chi connectivity index (χ2n) is 3.52. The number of nitrogens with zero attached hydrogens (tertiary/aromatic N) is 2. The molecular formula is C12H14N3Na. The Morgan fingerprint density at radius 3 is 2.62 bits per heavy atom. The van der Waals surface area contributed by atoms with Gasteiger partial charge in [-0.15, -0.1) is 0 Å². The number of hydrogen-bond acceptors (Lipinski definition) is 3. The molecule has 0 fully saturated rings. The number of aryl methyl sites for hydroxylation is 1. The monoisotopic (exact) mass is 223 g/mol. The van der Waals surface area contributed by atoms with Crippen LogP contribution in [0.15, 0.2) is 36.5 Å². The fraction of sp³-hybridized carbons (Fsp3) is 0.167. The van der Waals surface area contributed by atoms with Gasteiger partial charge >= 0.3 is 29.6 Å². The summed E-state index contributed by atoms with van der Waals surface area (Å²) in [4.78, 5) is 8.18. The number of anilines is 1. The zero-order valence-electron chi connectivity index (χ0n) is 10.6.